The van der Waals surface area contributed by atoms with E-state index in [0.717, 1.165) is 5.02 Å². The molecule has 2 unspecified atom stereocenters. The Kier molecular flexibility index (Phi) is 4.70. The number of hydrogen-bond acceptors (Lipinski definition) is 0. The highest BCUT2D eigenvalue weighted by molar-refractivity contribution is 9.09. The van der Waals surface area contributed by atoms with E-state index in [4.69, 9.17) is 11.6 Å². The van der Waals surface area contributed by atoms with E-state index in [-0.39, 0.29) is 4.83 Å². The minimum absolute atomic E-state index is 0.224. The van der Waals surface area contributed by atoms with Crippen LogP contribution in [0.5, 0.6) is 0 Å². The Bertz CT molecular complexity index is 563. The Morgan fingerprint density at radius 3 is 2.21 bits per heavy atom. The molecule has 0 amide bonds. The SMILES string of the molecule is Cc1cc(Cl)c(C(Br)C(C)c2ccccc2)cc1C. The molecule has 0 aliphatic carbocycles. The summed E-state index contributed by atoms with van der Waals surface area (Å²) in [6, 6.07) is 14.8. The molecule has 0 fully saturated rings. The van der Waals surface area contributed by atoms with Gasteiger partial charge in [-0.3, -0.25) is 0 Å². The topological polar surface area (TPSA) is 0 Å². The van der Waals surface area contributed by atoms with Gasteiger partial charge in [-0.05, 0) is 48.1 Å². The van der Waals surface area contributed by atoms with E-state index in [0.29, 0.717) is 5.92 Å². The highest BCUT2D eigenvalue weighted by Crippen LogP contribution is 2.41. The van der Waals surface area contributed by atoms with Crippen LogP contribution >= 0.6 is 27.5 Å². The molecule has 0 N–H and O–H groups in total. The molecule has 2 aromatic carbocycles. The van der Waals surface area contributed by atoms with Crippen LogP contribution in [0.15, 0.2) is 42.5 Å². The fourth-order valence-electron chi connectivity index (χ4n) is 2.21. The first-order chi connectivity index (χ1) is 9.00. The van der Waals surface area contributed by atoms with E-state index in [1.807, 2.05) is 6.07 Å². The monoisotopic (exact) mass is 336 g/mol. The standard InChI is InChI=1S/C17H18BrCl/c1-11-9-15(16(19)10-12(11)2)17(18)13(3)14-7-5-4-6-8-14/h4-10,13,17H,1-3H3. The van der Waals surface area contributed by atoms with E-state index in [1.165, 1.54) is 22.3 Å². The van der Waals surface area contributed by atoms with Gasteiger partial charge in [-0.15, -0.1) is 0 Å². The number of hydrogen-bond donors (Lipinski definition) is 0. The number of rotatable bonds is 3. The van der Waals surface area contributed by atoms with Crippen LogP contribution in [-0.4, -0.2) is 0 Å². The second-order valence-electron chi connectivity index (χ2n) is 5.06. The fraction of sp³-hybridized carbons (Fsp3) is 0.294. The fourth-order valence-corrected chi connectivity index (χ4v) is 3.36. The molecule has 0 aromatic heterocycles. The second kappa shape index (κ2) is 6.11. The Morgan fingerprint density at radius 1 is 1.00 bits per heavy atom. The molecule has 0 saturated heterocycles. The maximum atomic E-state index is 6.40. The molecule has 100 valence electrons. The van der Waals surface area contributed by atoms with Gasteiger partial charge in [0.25, 0.3) is 0 Å². The molecule has 0 aliphatic rings. The number of aryl methyl sites for hydroxylation is 2. The van der Waals surface area contributed by atoms with Gasteiger partial charge in [0.1, 0.15) is 0 Å². The third kappa shape index (κ3) is 3.21. The van der Waals surface area contributed by atoms with Crippen LogP contribution in [0.2, 0.25) is 5.02 Å². The van der Waals surface area contributed by atoms with E-state index >= 15 is 0 Å². The van der Waals surface area contributed by atoms with Crippen molar-refractivity contribution in [2.75, 3.05) is 0 Å². The largest absolute Gasteiger partial charge is 0.0840 e. The average molecular weight is 338 g/mol. The lowest BCUT2D eigenvalue weighted by molar-refractivity contribution is 0.751. The first-order valence-electron chi connectivity index (χ1n) is 6.46. The maximum absolute atomic E-state index is 6.40. The predicted octanol–water partition coefficient (Wildman–Crippen LogP) is 6.20. The van der Waals surface area contributed by atoms with Crippen LogP contribution in [0.25, 0.3) is 0 Å². The van der Waals surface area contributed by atoms with Crippen LogP contribution in [-0.2, 0) is 0 Å². The van der Waals surface area contributed by atoms with E-state index < -0.39 is 0 Å². The van der Waals surface area contributed by atoms with Gasteiger partial charge in [-0.1, -0.05) is 70.9 Å². The van der Waals surface area contributed by atoms with Gasteiger partial charge in [0.05, 0.1) is 0 Å². The first kappa shape index (κ1) is 14.6. The van der Waals surface area contributed by atoms with Crippen molar-refractivity contribution in [1.29, 1.82) is 0 Å². The van der Waals surface area contributed by atoms with Gasteiger partial charge in [0, 0.05) is 9.85 Å². The molecule has 0 saturated carbocycles. The molecule has 2 rings (SSSR count). The lowest BCUT2D eigenvalue weighted by Gasteiger charge is -2.21. The molecule has 0 heterocycles. The van der Waals surface area contributed by atoms with Crippen molar-refractivity contribution in [3.05, 3.63) is 69.7 Å². The van der Waals surface area contributed by atoms with Crippen molar-refractivity contribution in [3.8, 4) is 0 Å². The predicted molar refractivity (Wildman–Crippen MR) is 87.5 cm³/mol. The highest BCUT2D eigenvalue weighted by atomic mass is 79.9. The first-order valence-corrected chi connectivity index (χ1v) is 7.75. The summed E-state index contributed by atoms with van der Waals surface area (Å²) in [7, 11) is 0. The van der Waals surface area contributed by atoms with Gasteiger partial charge in [-0.2, -0.15) is 0 Å². The van der Waals surface area contributed by atoms with Gasteiger partial charge >= 0.3 is 0 Å². The van der Waals surface area contributed by atoms with Crippen molar-refractivity contribution in [2.45, 2.75) is 31.5 Å². The lowest BCUT2D eigenvalue weighted by Crippen LogP contribution is -2.03. The van der Waals surface area contributed by atoms with Crippen molar-refractivity contribution >= 4 is 27.5 Å². The Morgan fingerprint density at radius 2 is 1.58 bits per heavy atom. The lowest BCUT2D eigenvalue weighted by atomic mass is 9.92. The van der Waals surface area contributed by atoms with Gasteiger partial charge < -0.3 is 0 Å². The van der Waals surface area contributed by atoms with Crippen LogP contribution in [0.1, 0.15) is 39.9 Å². The third-order valence-corrected chi connectivity index (χ3v) is 5.29. The number of alkyl halides is 1. The summed E-state index contributed by atoms with van der Waals surface area (Å²) < 4.78 is 0. The minimum atomic E-state index is 0.224. The van der Waals surface area contributed by atoms with Crippen LogP contribution < -0.4 is 0 Å². The maximum Gasteiger partial charge on any atom is 0.0476 e. The quantitative estimate of drug-likeness (QED) is 0.585. The van der Waals surface area contributed by atoms with Gasteiger partial charge in [-0.25, -0.2) is 0 Å². The number of halogens is 2. The molecule has 19 heavy (non-hydrogen) atoms. The molecule has 0 radical (unpaired) electrons. The summed E-state index contributed by atoms with van der Waals surface area (Å²) in [5.41, 5.74) is 5.00. The number of benzene rings is 2. The summed E-state index contributed by atoms with van der Waals surface area (Å²) in [6.45, 7) is 6.44. The van der Waals surface area contributed by atoms with E-state index in [9.17, 15) is 0 Å². The molecule has 0 aliphatic heterocycles. The Hall–Kier alpha value is -0.790. The molecule has 0 spiro atoms. The zero-order valence-corrected chi connectivity index (χ0v) is 13.8. The van der Waals surface area contributed by atoms with Crippen LogP contribution in [0, 0.1) is 13.8 Å². The minimum Gasteiger partial charge on any atom is -0.0840 e. The zero-order valence-electron chi connectivity index (χ0n) is 11.5. The summed E-state index contributed by atoms with van der Waals surface area (Å²) >= 11 is 10.2. The van der Waals surface area contributed by atoms with Crippen molar-refractivity contribution < 1.29 is 0 Å². The Labute approximate surface area is 128 Å². The average Bonchev–Trinajstić information content (AvgIpc) is 2.42. The Balaban J connectivity index is 2.34. The van der Waals surface area contributed by atoms with Crippen molar-refractivity contribution in [1.82, 2.24) is 0 Å². The van der Waals surface area contributed by atoms with Gasteiger partial charge in [0.2, 0.25) is 0 Å². The van der Waals surface area contributed by atoms with Crippen molar-refractivity contribution in [3.63, 3.8) is 0 Å². The normalized spacial score (nSPS) is 14.2. The molecule has 0 bridgehead atoms. The summed E-state index contributed by atoms with van der Waals surface area (Å²) in [6.07, 6.45) is 0. The van der Waals surface area contributed by atoms with Crippen LogP contribution in [0.3, 0.4) is 0 Å². The van der Waals surface area contributed by atoms with E-state index in [2.05, 4.69) is 73.1 Å². The molecular weight excluding hydrogens is 320 g/mol. The second-order valence-corrected chi connectivity index (χ2v) is 6.45. The summed E-state index contributed by atoms with van der Waals surface area (Å²) in [4.78, 5) is 0.224. The van der Waals surface area contributed by atoms with E-state index in [1.54, 1.807) is 0 Å². The molecule has 2 aromatic rings. The molecule has 2 heteroatoms. The molecule has 2 atom stereocenters. The third-order valence-electron chi connectivity index (χ3n) is 3.67. The van der Waals surface area contributed by atoms with Crippen molar-refractivity contribution in [2.24, 2.45) is 0 Å². The summed E-state index contributed by atoms with van der Waals surface area (Å²) in [5, 5.41) is 0.841. The van der Waals surface area contributed by atoms with Gasteiger partial charge in [0.15, 0.2) is 0 Å². The smallest absolute Gasteiger partial charge is 0.0476 e. The zero-order chi connectivity index (χ0) is 14.0. The molecule has 0 nitrogen and oxygen atoms in total. The summed E-state index contributed by atoms with van der Waals surface area (Å²) in [5.74, 6) is 0.376. The highest BCUT2D eigenvalue weighted by Gasteiger charge is 2.20. The molecular formula is C17H18BrCl. The van der Waals surface area contributed by atoms with Crippen LogP contribution in [0.4, 0.5) is 0 Å².